The van der Waals surface area contributed by atoms with Gasteiger partial charge >= 0.3 is 5.76 Å². The van der Waals surface area contributed by atoms with Crippen LogP contribution in [-0.2, 0) is 4.74 Å². The van der Waals surface area contributed by atoms with Gasteiger partial charge < -0.3 is 13.9 Å². The first-order valence-electron chi connectivity index (χ1n) is 10.6. The maximum atomic E-state index is 13.7. The highest BCUT2D eigenvalue weighted by Gasteiger charge is 2.43. The van der Waals surface area contributed by atoms with Crippen LogP contribution < -0.4 is 16.1 Å². The summed E-state index contributed by atoms with van der Waals surface area (Å²) in [7, 11) is 0. The van der Waals surface area contributed by atoms with Crippen LogP contribution in [0, 0.1) is 5.82 Å². The number of hydrogen-bond acceptors (Lipinski definition) is 5. The molecule has 9 heteroatoms. The number of ether oxygens (including phenoxy) is 2. The molecule has 1 aromatic heterocycles. The molecule has 1 aliphatic heterocycles. The lowest BCUT2D eigenvalue weighted by molar-refractivity contribution is 0.0599. The second kappa shape index (κ2) is 8.15. The third kappa shape index (κ3) is 3.55. The highest BCUT2D eigenvalue weighted by Crippen LogP contribution is 2.51. The molecule has 2 atom stereocenters. The fourth-order valence-electron chi connectivity index (χ4n) is 4.42. The van der Waals surface area contributed by atoms with Crippen molar-refractivity contribution >= 4 is 23.2 Å². The molecule has 3 aromatic carbocycles. The van der Waals surface area contributed by atoms with Gasteiger partial charge in [0, 0.05) is 22.2 Å². The van der Waals surface area contributed by atoms with Gasteiger partial charge in [0.05, 0.1) is 22.2 Å². The normalized spacial score (nSPS) is 17.6. The monoisotopic (exact) mass is 509 g/mol. The highest BCUT2D eigenvalue weighted by molar-refractivity contribution is 6.31. The molecule has 0 saturated heterocycles. The zero-order valence-electron chi connectivity index (χ0n) is 17.7. The average Bonchev–Trinajstić information content (AvgIpc) is 3.26. The Labute approximate surface area is 207 Å². The van der Waals surface area contributed by atoms with Crippen LogP contribution in [0.1, 0.15) is 23.1 Å². The van der Waals surface area contributed by atoms with Gasteiger partial charge in [-0.2, -0.15) is 0 Å². The van der Waals surface area contributed by atoms with Crippen LogP contribution >= 0.6 is 23.2 Å². The Morgan fingerprint density at radius 3 is 2.51 bits per heavy atom. The molecule has 1 aliphatic carbocycles. The summed E-state index contributed by atoms with van der Waals surface area (Å²) in [5.41, 5.74) is 1.03. The first-order valence-corrected chi connectivity index (χ1v) is 11.3. The van der Waals surface area contributed by atoms with E-state index in [2.05, 4.69) is 0 Å². The van der Waals surface area contributed by atoms with Crippen molar-refractivity contribution < 1.29 is 18.3 Å². The summed E-state index contributed by atoms with van der Waals surface area (Å²) in [5, 5.41) is 0.337. The number of halogens is 3. The highest BCUT2D eigenvalue weighted by atomic mass is 35.5. The Balaban J connectivity index is 1.53. The molecule has 0 N–H and O–H groups in total. The Morgan fingerprint density at radius 2 is 1.74 bits per heavy atom. The van der Waals surface area contributed by atoms with E-state index in [-0.39, 0.29) is 28.0 Å². The molecule has 6 nitrogen and oxygen atoms in total. The fraction of sp³-hybridized carbons (Fsp3) is 0.0769. The molecule has 6 rings (SSSR count). The maximum absolute atomic E-state index is 13.7. The largest absolute Gasteiger partial charge is 0.456 e. The molecule has 0 amide bonds. The van der Waals surface area contributed by atoms with E-state index < -0.39 is 29.2 Å². The first kappa shape index (κ1) is 21.7. The van der Waals surface area contributed by atoms with Crippen LogP contribution in [0.3, 0.4) is 0 Å². The van der Waals surface area contributed by atoms with Gasteiger partial charge in [-0.25, -0.2) is 13.8 Å². The number of hydrogen-bond donors (Lipinski definition) is 0. The first-order chi connectivity index (χ1) is 16.9. The standard InChI is InChI=1S/C26H14Cl2FNO5/c27-13-5-8-15(9-6-13)33-21-12-18-22-24(17-4-2-1-3-16(17)23(18)34-21)35-26(32)30(25(22)31)14-7-10-20(29)19(28)11-14/h1-12,18,23H. The zero-order chi connectivity index (χ0) is 24.3. The molecular weight excluding hydrogens is 496 g/mol. The summed E-state index contributed by atoms with van der Waals surface area (Å²) in [6, 6.07) is 17.6. The lowest BCUT2D eigenvalue weighted by Crippen LogP contribution is -2.36. The summed E-state index contributed by atoms with van der Waals surface area (Å²) in [6.07, 6.45) is 1.10. The van der Waals surface area contributed by atoms with Crippen molar-refractivity contribution in [3.63, 3.8) is 0 Å². The van der Waals surface area contributed by atoms with Crippen molar-refractivity contribution in [1.82, 2.24) is 4.57 Å². The van der Waals surface area contributed by atoms with Gasteiger partial charge in [-0.15, -0.1) is 0 Å². The van der Waals surface area contributed by atoms with Gasteiger partial charge in [-0.05, 0) is 42.5 Å². The Kier molecular flexibility index (Phi) is 5.05. The third-order valence-corrected chi connectivity index (χ3v) is 6.52. The zero-order valence-corrected chi connectivity index (χ0v) is 19.2. The van der Waals surface area contributed by atoms with Crippen LogP contribution in [-0.4, -0.2) is 4.57 Å². The summed E-state index contributed by atoms with van der Waals surface area (Å²) in [6.45, 7) is 0. The van der Waals surface area contributed by atoms with Crippen LogP contribution in [0.25, 0.3) is 17.0 Å². The molecule has 2 unspecified atom stereocenters. The fourth-order valence-corrected chi connectivity index (χ4v) is 4.72. The second-order valence-corrected chi connectivity index (χ2v) is 8.89. The molecule has 2 aliphatic rings. The molecule has 0 spiro atoms. The van der Waals surface area contributed by atoms with Gasteiger partial charge in [0.1, 0.15) is 23.4 Å². The van der Waals surface area contributed by atoms with E-state index in [1.54, 1.807) is 42.5 Å². The summed E-state index contributed by atoms with van der Waals surface area (Å²) >= 11 is 11.8. The molecule has 174 valence electrons. The van der Waals surface area contributed by atoms with Crippen LogP contribution in [0.15, 0.2) is 92.8 Å². The summed E-state index contributed by atoms with van der Waals surface area (Å²) in [4.78, 5) is 26.6. The smallest absolute Gasteiger partial charge is 0.426 e. The van der Waals surface area contributed by atoms with E-state index in [0.717, 1.165) is 16.2 Å². The lowest BCUT2D eigenvalue weighted by atomic mass is 9.81. The molecule has 0 saturated carbocycles. The van der Waals surface area contributed by atoms with Crippen molar-refractivity contribution in [1.29, 1.82) is 0 Å². The Hall–Kier alpha value is -3.81. The Morgan fingerprint density at radius 1 is 0.971 bits per heavy atom. The van der Waals surface area contributed by atoms with E-state index in [4.69, 9.17) is 37.1 Å². The molecule has 0 bridgehead atoms. The van der Waals surface area contributed by atoms with Crippen LogP contribution in [0.4, 0.5) is 4.39 Å². The minimum Gasteiger partial charge on any atom is -0.456 e. The third-order valence-electron chi connectivity index (χ3n) is 5.97. The number of benzene rings is 3. The van der Waals surface area contributed by atoms with Crippen molar-refractivity contribution in [3.05, 3.63) is 127 Å². The lowest BCUT2D eigenvalue weighted by Gasteiger charge is -2.27. The van der Waals surface area contributed by atoms with Gasteiger partial charge in [-0.3, -0.25) is 4.79 Å². The van der Waals surface area contributed by atoms with Crippen molar-refractivity contribution in [2.45, 2.75) is 12.0 Å². The molecular formula is C26H14Cl2FNO5. The van der Waals surface area contributed by atoms with E-state index in [0.29, 0.717) is 16.3 Å². The average molecular weight is 510 g/mol. The predicted octanol–water partition coefficient (Wildman–Crippen LogP) is 5.99. The van der Waals surface area contributed by atoms with Gasteiger partial charge in [0.15, 0.2) is 0 Å². The number of fused-ring (bicyclic) bond motifs is 6. The van der Waals surface area contributed by atoms with Gasteiger partial charge in [-0.1, -0.05) is 47.5 Å². The summed E-state index contributed by atoms with van der Waals surface area (Å²) in [5.74, 6) is -1.31. The maximum Gasteiger partial charge on any atom is 0.426 e. The number of aromatic nitrogens is 1. The van der Waals surface area contributed by atoms with E-state index in [9.17, 15) is 14.0 Å². The quantitative estimate of drug-likeness (QED) is 0.339. The van der Waals surface area contributed by atoms with E-state index >= 15 is 0 Å². The molecule has 2 heterocycles. The van der Waals surface area contributed by atoms with Crippen molar-refractivity contribution in [2.75, 3.05) is 0 Å². The minimum atomic E-state index is -0.912. The number of nitrogens with zero attached hydrogens (tertiary/aromatic N) is 1. The SMILES string of the molecule is O=c1oc2c(c(=O)n1-c1ccc(F)c(Cl)c1)C1C=C(Oc3ccc(Cl)cc3)OC1c1ccccc1-2. The molecule has 0 radical (unpaired) electrons. The Bertz CT molecular complexity index is 1640. The molecule has 4 aromatic rings. The van der Waals surface area contributed by atoms with Gasteiger partial charge in [0.2, 0.25) is 0 Å². The topological polar surface area (TPSA) is 70.7 Å². The number of rotatable bonds is 3. The minimum absolute atomic E-state index is 0.0916. The predicted molar refractivity (Wildman–Crippen MR) is 128 cm³/mol. The molecule has 35 heavy (non-hydrogen) atoms. The second-order valence-electron chi connectivity index (χ2n) is 8.04. The van der Waals surface area contributed by atoms with Crippen LogP contribution in [0.5, 0.6) is 5.75 Å². The van der Waals surface area contributed by atoms with Crippen LogP contribution in [0.2, 0.25) is 10.0 Å². The van der Waals surface area contributed by atoms with Crippen molar-refractivity contribution in [3.8, 4) is 22.8 Å². The van der Waals surface area contributed by atoms with Crippen molar-refractivity contribution in [2.24, 2.45) is 0 Å². The summed E-state index contributed by atoms with van der Waals surface area (Å²) < 4.78 is 32.2. The molecule has 0 fully saturated rings. The van der Waals surface area contributed by atoms with E-state index in [1.807, 2.05) is 12.1 Å². The van der Waals surface area contributed by atoms with E-state index in [1.165, 1.54) is 12.1 Å². The van der Waals surface area contributed by atoms with Gasteiger partial charge in [0.25, 0.3) is 11.5 Å².